The van der Waals surface area contributed by atoms with Gasteiger partial charge in [-0.1, -0.05) is 48.8 Å². The summed E-state index contributed by atoms with van der Waals surface area (Å²) in [5, 5.41) is 3.91. The number of nitrogens with zero attached hydrogens (tertiary/aromatic N) is 3. The van der Waals surface area contributed by atoms with Gasteiger partial charge in [-0.25, -0.2) is 4.79 Å². The highest BCUT2D eigenvalue weighted by Gasteiger charge is 2.17. The Morgan fingerprint density at radius 2 is 1.82 bits per heavy atom. The Hall–Kier alpha value is -3.48. The van der Waals surface area contributed by atoms with Crippen molar-refractivity contribution in [2.45, 2.75) is 33.2 Å². The van der Waals surface area contributed by atoms with Gasteiger partial charge in [-0.15, -0.1) is 0 Å². The number of benzene rings is 2. The number of rotatable bonds is 5. The Kier molecular flexibility index (Phi) is 4.43. The normalized spacial score (nSPS) is 11.4. The molecule has 2 aromatic heterocycles. The van der Waals surface area contributed by atoms with Gasteiger partial charge in [0.15, 0.2) is 17.2 Å². The van der Waals surface area contributed by atoms with Crippen LogP contribution >= 0.6 is 0 Å². The van der Waals surface area contributed by atoms with Crippen molar-refractivity contribution in [2.75, 3.05) is 0 Å². The summed E-state index contributed by atoms with van der Waals surface area (Å²) in [5.41, 5.74) is 3.03. The number of carbonyl (C=O) groups is 1. The van der Waals surface area contributed by atoms with E-state index < -0.39 is 5.76 Å². The first-order chi connectivity index (χ1) is 13.4. The Labute approximate surface area is 160 Å². The Bertz CT molecular complexity index is 1210. The summed E-state index contributed by atoms with van der Waals surface area (Å²) in [7, 11) is 0. The van der Waals surface area contributed by atoms with Crippen LogP contribution in [-0.4, -0.2) is 20.5 Å². The molecule has 0 saturated carbocycles. The largest absolute Gasteiger partial charge is 0.420 e. The summed E-state index contributed by atoms with van der Waals surface area (Å²) >= 11 is 0. The van der Waals surface area contributed by atoms with Crippen LogP contribution in [0.15, 0.2) is 56.2 Å². The highest BCUT2D eigenvalue weighted by molar-refractivity contribution is 6.10. The molecule has 0 bridgehead atoms. The van der Waals surface area contributed by atoms with Crippen LogP contribution in [0.2, 0.25) is 0 Å². The van der Waals surface area contributed by atoms with Gasteiger partial charge in [0.05, 0.1) is 12.1 Å². The van der Waals surface area contributed by atoms with E-state index in [1.165, 1.54) is 4.57 Å². The number of oxazole rings is 1. The molecule has 0 aliphatic heterocycles. The lowest BCUT2D eigenvalue weighted by Gasteiger charge is -2.03. The lowest BCUT2D eigenvalue weighted by atomic mass is 10.0. The van der Waals surface area contributed by atoms with Crippen LogP contribution in [-0.2, 0) is 6.54 Å². The molecule has 28 heavy (non-hydrogen) atoms. The van der Waals surface area contributed by atoms with E-state index in [1.54, 1.807) is 30.3 Å². The molecule has 0 saturated heterocycles. The fourth-order valence-electron chi connectivity index (χ4n) is 2.94. The van der Waals surface area contributed by atoms with E-state index in [0.29, 0.717) is 33.9 Å². The molecule has 0 fully saturated rings. The zero-order chi connectivity index (χ0) is 19.8. The van der Waals surface area contributed by atoms with Gasteiger partial charge < -0.3 is 8.94 Å². The van der Waals surface area contributed by atoms with Crippen LogP contribution in [0.4, 0.5) is 0 Å². The number of fused-ring (bicyclic) bond motifs is 1. The van der Waals surface area contributed by atoms with E-state index in [9.17, 15) is 9.59 Å². The molecule has 2 heterocycles. The van der Waals surface area contributed by atoms with Crippen LogP contribution in [0.3, 0.4) is 0 Å². The Balaban J connectivity index is 1.67. The zero-order valence-corrected chi connectivity index (χ0v) is 15.8. The van der Waals surface area contributed by atoms with Crippen molar-refractivity contribution in [3.8, 4) is 0 Å². The molecule has 0 aliphatic rings. The van der Waals surface area contributed by atoms with Crippen LogP contribution in [0.5, 0.6) is 0 Å². The molecule has 0 spiro atoms. The summed E-state index contributed by atoms with van der Waals surface area (Å²) in [5.74, 6) is 0.354. The van der Waals surface area contributed by atoms with E-state index in [4.69, 9.17) is 8.94 Å². The third-order valence-electron chi connectivity index (χ3n) is 4.52. The maximum atomic E-state index is 12.7. The first kappa shape index (κ1) is 17.9. The predicted octanol–water partition coefficient (Wildman–Crippen LogP) is 3.69. The van der Waals surface area contributed by atoms with Crippen LogP contribution in [0.25, 0.3) is 11.1 Å². The number of aryl methyl sites for hydroxylation is 1. The van der Waals surface area contributed by atoms with Crippen molar-refractivity contribution >= 4 is 16.9 Å². The summed E-state index contributed by atoms with van der Waals surface area (Å²) in [6.07, 6.45) is 0. The molecule has 0 atom stereocenters. The van der Waals surface area contributed by atoms with E-state index >= 15 is 0 Å². The van der Waals surface area contributed by atoms with Crippen molar-refractivity contribution in [2.24, 2.45) is 0 Å². The van der Waals surface area contributed by atoms with Crippen molar-refractivity contribution in [1.29, 1.82) is 0 Å². The van der Waals surface area contributed by atoms with Gasteiger partial charge >= 0.3 is 5.76 Å². The van der Waals surface area contributed by atoms with Crippen LogP contribution < -0.4 is 5.76 Å². The summed E-state index contributed by atoms with van der Waals surface area (Å²) < 4.78 is 11.9. The molecular weight excluding hydrogens is 358 g/mol. The fraction of sp³-hybridized carbons (Fsp3) is 0.238. The highest BCUT2D eigenvalue weighted by Crippen LogP contribution is 2.19. The molecular formula is C21H19N3O4. The standard InChI is InChI=1S/C21H19N3O4/c1-12(2)20-22-18(23-28-20)11-24-16-9-8-15(10-17(16)27-21(24)26)19(25)14-6-4-13(3)5-7-14/h4-10,12H,11H2,1-3H3. The number of hydrogen-bond acceptors (Lipinski definition) is 6. The lowest BCUT2D eigenvalue weighted by molar-refractivity contribution is 0.103. The molecule has 4 aromatic rings. The quantitative estimate of drug-likeness (QED) is 0.493. The lowest BCUT2D eigenvalue weighted by Crippen LogP contribution is -2.15. The third kappa shape index (κ3) is 3.26. The predicted molar refractivity (Wildman–Crippen MR) is 103 cm³/mol. The fourth-order valence-corrected chi connectivity index (χ4v) is 2.94. The smallest absolute Gasteiger partial charge is 0.408 e. The first-order valence-electron chi connectivity index (χ1n) is 8.99. The average Bonchev–Trinajstić information content (AvgIpc) is 3.27. The first-order valence-corrected chi connectivity index (χ1v) is 8.99. The van der Waals surface area contributed by atoms with Crippen LogP contribution in [0.1, 0.15) is 53.0 Å². The van der Waals surface area contributed by atoms with Crippen molar-refractivity contribution < 1.29 is 13.7 Å². The van der Waals surface area contributed by atoms with E-state index in [-0.39, 0.29) is 18.2 Å². The molecule has 0 aliphatic carbocycles. The number of hydrogen-bond donors (Lipinski definition) is 0. The maximum absolute atomic E-state index is 12.7. The van der Waals surface area contributed by atoms with Crippen molar-refractivity contribution in [3.63, 3.8) is 0 Å². The minimum absolute atomic E-state index is 0.106. The van der Waals surface area contributed by atoms with Crippen molar-refractivity contribution in [1.82, 2.24) is 14.7 Å². The van der Waals surface area contributed by atoms with Gasteiger partial charge in [-0.3, -0.25) is 9.36 Å². The van der Waals surface area contributed by atoms with Gasteiger partial charge in [0.2, 0.25) is 5.89 Å². The molecule has 0 radical (unpaired) electrons. The summed E-state index contributed by atoms with van der Waals surface area (Å²) in [6, 6.07) is 12.3. The number of carbonyl (C=O) groups excluding carboxylic acids is 1. The SMILES string of the molecule is Cc1ccc(C(=O)c2ccc3c(c2)oc(=O)n3Cc2noc(C(C)C)n2)cc1. The second kappa shape index (κ2) is 6.92. The monoisotopic (exact) mass is 377 g/mol. The van der Waals surface area contributed by atoms with Gasteiger partial charge in [-0.2, -0.15) is 4.98 Å². The molecule has 2 aromatic carbocycles. The summed E-state index contributed by atoms with van der Waals surface area (Å²) in [4.78, 5) is 29.3. The molecule has 142 valence electrons. The Morgan fingerprint density at radius 1 is 1.11 bits per heavy atom. The van der Waals surface area contributed by atoms with Crippen molar-refractivity contribution in [3.05, 3.63) is 81.4 Å². The minimum Gasteiger partial charge on any atom is -0.408 e. The minimum atomic E-state index is -0.536. The van der Waals surface area contributed by atoms with Gasteiger partial charge in [-0.05, 0) is 25.1 Å². The highest BCUT2D eigenvalue weighted by atomic mass is 16.5. The molecule has 0 amide bonds. The van der Waals surface area contributed by atoms with E-state index in [2.05, 4.69) is 10.1 Å². The topological polar surface area (TPSA) is 91.1 Å². The van der Waals surface area contributed by atoms with E-state index in [1.807, 2.05) is 32.9 Å². The molecule has 0 unspecified atom stereocenters. The number of ketones is 1. The van der Waals surface area contributed by atoms with Gasteiger partial charge in [0.25, 0.3) is 0 Å². The second-order valence-corrected chi connectivity index (χ2v) is 7.04. The average molecular weight is 377 g/mol. The van der Waals surface area contributed by atoms with Gasteiger partial charge in [0.1, 0.15) is 0 Å². The maximum Gasteiger partial charge on any atom is 0.420 e. The Morgan fingerprint density at radius 3 is 2.50 bits per heavy atom. The van der Waals surface area contributed by atoms with E-state index in [0.717, 1.165) is 5.56 Å². The number of aromatic nitrogens is 3. The summed E-state index contributed by atoms with van der Waals surface area (Å²) in [6.45, 7) is 5.99. The molecule has 7 heteroatoms. The third-order valence-corrected chi connectivity index (χ3v) is 4.52. The van der Waals surface area contributed by atoms with Gasteiger partial charge in [0, 0.05) is 17.0 Å². The molecule has 4 rings (SSSR count). The molecule has 0 N–H and O–H groups in total. The molecule has 7 nitrogen and oxygen atoms in total. The van der Waals surface area contributed by atoms with Crippen LogP contribution in [0, 0.1) is 6.92 Å². The zero-order valence-electron chi connectivity index (χ0n) is 15.8. The second-order valence-electron chi connectivity index (χ2n) is 7.04.